The summed E-state index contributed by atoms with van der Waals surface area (Å²) in [5.74, 6) is 1.41. The van der Waals surface area contributed by atoms with Crippen molar-refractivity contribution in [1.29, 1.82) is 0 Å². The standard InChI is InChI=1S/C19H18N4O2/c1-11-3-6-14-16(7-11)21-19(20-14)17-9-15(22-23-17)13-5-4-12(10-24)8-18(13)25-2/h3-9,24H,10H2,1-2H3,(H,20,21)(H,22,23). The van der Waals surface area contributed by atoms with Crippen molar-refractivity contribution in [2.75, 3.05) is 7.11 Å². The number of aryl methyl sites for hydroxylation is 1. The van der Waals surface area contributed by atoms with E-state index >= 15 is 0 Å². The van der Waals surface area contributed by atoms with Crippen molar-refractivity contribution >= 4 is 11.0 Å². The maximum atomic E-state index is 9.27. The SMILES string of the molecule is COc1cc(CO)ccc1-c1cc(-c2nc3ccc(C)cc3[nH]2)[nH]n1. The van der Waals surface area contributed by atoms with Crippen LogP contribution in [0.4, 0.5) is 0 Å². The van der Waals surface area contributed by atoms with Gasteiger partial charge in [-0.15, -0.1) is 0 Å². The number of H-pyrrole nitrogens is 2. The molecule has 0 aliphatic carbocycles. The Morgan fingerprint density at radius 1 is 1.12 bits per heavy atom. The van der Waals surface area contributed by atoms with Crippen molar-refractivity contribution in [2.24, 2.45) is 0 Å². The third-order valence-electron chi connectivity index (χ3n) is 4.19. The highest BCUT2D eigenvalue weighted by Gasteiger charge is 2.13. The summed E-state index contributed by atoms with van der Waals surface area (Å²) in [4.78, 5) is 7.93. The average molecular weight is 334 g/mol. The van der Waals surface area contributed by atoms with Crippen LogP contribution < -0.4 is 4.74 Å². The van der Waals surface area contributed by atoms with Crippen LogP contribution in [0.2, 0.25) is 0 Å². The van der Waals surface area contributed by atoms with Crippen molar-refractivity contribution in [3.8, 4) is 28.5 Å². The summed E-state index contributed by atoms with van der Waals surface area (Å²) in [6, 6.07) is 13.6. The zero-order valence-electron chi connectivity index (χ0n) is 14.0. The van der Waals surface area contributed by atoms with Gasteiger partial charge < -0.3 is 14.8 Å². The molecule has 6 heteroatoms. The number of ether oxygens (including phenoxy) is 1. The van der Waals surface area contributed by atoms with E-state index < -0.39 is 0 Å². The second kappa shape index (κ2) is 6.07. The number of nitrogens with zero attached hydrogens (tertiary/aromatic N) is 2. The predicted molar refractivity (Wildman–Crippen MR) is 96.3 cm³/mol. The molecule has 4 rings (SSSR count). The van der Waals surface area contributed by atoms with Crippen LogP contribution in [0.25, 0.3) is 33.8 Å². The molecule has 4 aromatic rings. The van der Waals surface area contributed by atoms with Gasteiger partial charge in [0.25, 0.3) is 0 Å². The van der Waals surface area contributed by atoms with Crippen molar-refractivity contribution in [1.82, 2.24) is 20.2 Å². The molecule has 0 saturated carbocycles. The molecule has 0 amide bonds. The molecule has 0 spiro atoms. The molecule has 0 saturated heterocycles. The number of aromatic amines is 2. The molecule has 2 aromatic heterocycles. The molecule has 0 aliphatic rings. The van der Waals surface area contributed by atoms with Gasteiger partial charge in [0.05, 0.1) is 30.4 Å². The molecule has 0 fully saturated rings. The normalized spacial score (nSPS) is 11.2. The predicted octanol–water partition coefficient (Wildman–Crippen LogP) is 3.43. The number of hydrogen-bond donors (Lipinski definition) is 3. The number of aliphatic hydroxyl groups is 1. The molecule has 0 radical (unpaired) electrons. The second-order valence-corrected chi connectivity index (χ2v) is 5.97. The van der Waals surface area contributed by atoms with E-state index in [1.54, 1.807) is 7.11 Å². The topological polar surface area (TPSA) is 86.8 Å². The molecule has 2 aromatic carbocycles. The summed E-state index contributed by atoms with van der Waals surface area (Å²) < 4.78 is 5.43. The van der Waals surface area contributed by atoms with Gasteiger partial charge in [-0.3, -0.25) is 5.10 Å². The summed E-state index contributed by atoms with van der Waals surface area (Å²) >= 11 is 0. The van der Waals surface area contributed by atoms with E-state index in [0.717, 1.165) is 39.4 Å². The van der Waals surface area contributed by atoms with Crippen LogP contribution in [0.15, 0.2) is 42.5 Å². The molecule has 3 N–H and O–H groups in total. The molecule has 6 nitrogen and oxygen atoms in total. The van der Waals surface area contributed by atoms with Crippen molar-refractivity contribution in [3.05, 3.63) is 53.6 Å². The minimum atomic E-state index is -0.0269. The fourth-order valence-electron chi connectivity index (χ4n) is 2.88. The third-order valence-corrected chi connectivity index (χ3v) is 4.19. The first-order valence-corrected chi connectivity index (χ1v) is 7.98. The number of methoxy groups -OCH3 is 1. The fraction of sp³-hybridized carbons (Fsp3) is 0.158. The number of rotatable bonds is 4. The molecule has 0 bridgehead atoms. The third kappa shape index (κ3) is 2.77. The molecule has 126 valence electrons. The Balaban J connectivity index is 1.74. The first kappa shape index (κ1) is 15.4. The Kier molecular flexibility index (Phi) is 3.74. The van der Waals surface area contributed by atoms with E-state index in [1.807, 2.05) is 36.4 Å². The van der Waals surface area contributed by atoms with Crippen molar-refractivity contribution < 1.29 is 9.84 Å². The lowest BCUT2D eigenvalue weighted by molar-refractivity contribution is 0.281. The van der Waals surface area contributed by atoms with Gasteiger partial charge in [0, 0.05) is 5.56 Å². The van der Waals surface area contributed by atoms with Gasteiger partial charge in [-0.05, 0) is 48.4 Å². The molecule has 2 heterocycles. The highest BCUT2D eigenvalue weighted by atomic mass is 16.5. The van der Waals surface area contributed by atoms with Gasteiger partial charge in [-0.1, -0.05) is 12.1 Å². The van der Waals surface area contributed by atoms with E-state index in [9.17, 15) is 5.11 Å². The lowest BCUT2D eigenvalue weighted by Gasteiger charge is -2.07. The van der Waals surface area contributed by atoms with Gasteiger partial charge in [-0.25, -0.2) is 4.98 Å². The van der Waals surface area contributed by atoms with Gasteiger partial charge >= 0.3 is 0 Å². The monoisotopic (exact) mass is 334 g/mol. The number of fused-ring (bicyclic) bond motifs is 1. The molecule has 0 aliphatic heterocycles. The van der Waals surface area contributed by atoms with Crippen LogP contribution in [-0.2, 0) is 6.61 Å². The summed E-state index contributed by atoms with van der Waals surface area (Å²) in [5.41, 5.74) is 6.31. The molecule has 25 heavy (non-hydrogen) atoms. The van der Waals surface area contributed by atoms with E-state index in [4.69, 9.17) is 4.74 Å². The summed E-state index contributed by atoms with van der Waals surface area (Å²) in [6.07, 6.45) is 0. The van der Waals surface area contributed by atoms with Crippen LogP contribution in [0.1, 0.15) is 11.1 Å². The summed E-state index contributed by atoms with van der Waals surface area (Å²) in [6.45, 7) is 2.03. The average Bonchev–Trinajstić information content (AvgIpc) is 3.27. The summed E-state index contributed by atoms with van der Waals surface area (Å²) in [5, 5.41) is 16.7. The van der Waals surface area contributed by atoms with E-state index in [2.05, 4.69) is 33.2 Å². The molecular formula is C19H18N4O2. The Morgan fingerprint density at radius 2 is 2.00 bits per heavy atom. The van der Waals surface area contributed by atoms with Gasteiger partial charge in [0.1, 0.15) is 11.4 Å². The number of hydrogen-bond acceptors (Lipinski definition) is 4. The highest BCUT2D eigenvalue weighted by Crippen LogP contribution is 2.31. The summed E-state index contributed by atoms with van der Waals surface area (Å²) in [7, 11) is 1.61. The highest BCUT2D eigenvalue weighted by molar-refractivity contribution is 5.80. The van der Waals surface area contributed by atoms with Crippen molar-refractivity contribution in [2.45, 2.75) is 13.5 Å². The van der Waals surface area contributed by atoms with Crippen molar-refractivity contribution in [3.63, 3.8) is 0 Å². The lowest BCUT2D eigenvalue weighted by atomic mass is 10.1. The number of nitrogens with one attached hydrogen (secondary N) is 2. The Hall–Kier alpha value is -3.12. The van der Waals surface area contributed by atoms with Crippen LogP contribution in [-0.4, -0.2) is 32.4 Å². The smallest absolute Gasteiger partial charge is 0.156 e. The Bertz CT molecular complexity index is 1050. The van der Waals surface area contributed by atoms with E-state index in [-0.39, 0.29) is 6.61 Å². The van der Waals surface area contributed by atoms with Crippen LogP contribution in [0, 0.1) is 6.92 Å². The van der Waals surface area contributed by atoms with Gasteiger partial charge in [0.2, 0.25) is 0 Å². The van der Waals surface area contributed by atoms with Gasteiger partial charge in [0.15, 0.2) is 5.82 Å². The maximum absolute atomic E-state index is 9.27. The quantitative estimate of drug-likeness (QED) is 0.533. The first-order chi connectivity index (χ1) is 12.2. The molecule has 0 unspecified atom stereocenters. The first-order valence-electron chi connectivity index (χ1n) is 7.98. The minimum Gasteiger partial charge on any atom is -0.496 e. The van der Waals surface area contributed by atoms with Crippen LogP contribution >= 0.6 is 0 Å². The second-order valence-electron chi connectivity index (χ2n) is 5.97. The lowest BCUT2D eigenvalue weighted by Crippen LogP contribution is -1.91. The Labute approximate surface area is 144 Å². The number of aliphatic hydroxyl groups excluding tert-OH is 1. The zero-order valence-corrected chi connectivity index (χ0v) is 14.0. The zero-order chi connectivity index (χ0) is 17.4. The minimum absolute atomic E-state index is 0.0269. The maximum Gasteiger partial charge on any atom is 0.156 e. The number of benzene rings is 2. The van der Waals surface area contributed by atoms with Crippen LogP contribution in [0.5, 0.6) is 5.75 Å². The van der Waals surface area contributed by atoms with Crippen LogP contribution in [0.3, 0.4) is 0 Å². The molecule has 0 atom stereocenters. The van der Waals surface area contributed by atoms with E-state index in [0.29, 0.717) is 5.75 Å². The fourth-order valence-corrected chi connectivity index (χ4v) is 2.88. The largest absolute Gasteiger partial charge is 0.496 e. The number of imidazole rings is 1. The number of aromatic nitrogens is 4. The molecular weight excluding hydrogens is 316 g/mol. The van der Waals surface area contributed by atoms with E-state index in [1.165, 1.54) is 5.56 Å². The Morgan fingerprint density at radius 3 is 2.80 bits per heavy atom. The van der Waals surface area contributed by atoms with Gasteiger partial charge in [-0.2, -0.15) is 5.10 Å².